The molecule has 3 N–H and O–H groups in total. The van der Waals surface area contributed by atoms with Gasteiger partial charge in [-0.3, -0.25) is 4.40 Å². The molecule has 1 aliphatic carbocycles. The van der Waals surface area contributed by atoms with Crippen molar-refractivity contribution >= 4 is 11.3 Å². The highest BCUT2D eigenvalue weighted by Crippen LogP contribution is 2.39. The van der Waals surface area contributed by atoms with Crippen LogP contribution in [0.25, 0.3) is 16.8 Å². The first kappa shape index (κ1) is 17.7. The lowest BCUT2D eigenvalue weighted by Gasteiger charge is -2.30. The molecule has 6 nitrogen and oxygen atoms in total. The van der Waals surface area contributed by atoms with E-state index >= 15 is 0 Å². The number of imidazole rings is 1. The Hall–Kier alpha value is -3.38. The Labute approximate surface area is 168 Å². The Kier molecular flexibility index (Phi) is 4.41. The smallest absolute Gasteiger partial charge is 0.150 e. The number of anilines is 1. The second kappa shape index (κ2) is 7.22. The second-order valence-electron chi connectivity index (χ2n) is 7.47. The Morgan fingerprint density at radius 1 is 1.10 bits per heavy atom. The van der Waals surface area contributed by atoms with E-state index in [1.54, 1.807) is 6.20 Å². The number of hydrogen-bond acceptors (Lipinski definition) is 5. The maximum atomic E-state index is 9.73. The van der Waals surface area contributed by atoms with Crippen molar-refractivity contribution < 1.29 is 9.84 Å². The minimum Gasteiger partial charge on any atom is -0.489 e. The van der Waals surface area contributed by atoms with E-state index in [-0.39, 0.29) is 12.0 Å². The summed E-state index contributed by atoms with van der Waals surface area (Å²) < 4.78 is 7.99. The van der Waals surface area contributed by atoms with Gasteiger partial charge >= 0.3 is 0 Å². The van der Waals surface area contributed by atoms with Crippen LogP contribution in [0.1, 0.15) is 30.1 Å². The lowest BCUT2D eigenvalue weighted by Crippen LogP contribution is -2.27. The first-order chi connectivity index (χ1) is 14.2. The van der Waals surface area contributed by atoms with E-state index in [4.69, 9.17) is 15.5 Å². The van der Waals surface area contributed by atoms with Crippen molar-refractivity contribution in [1.29, 1.82) is 0 Å². The molecule has 2 heterocycles. The highest BCUT2D eigenvalue weighted by Gasteiger charge is 2.33. The van der Waals surface area contributed by atoms with Gasteiger partial charge in [0.05, 0.1) is 6.10 Å². The van der Waals surface area contributed by atoms with Gasteiger partial charge in [-0.15, -0.1) is 0 Å². The molecule has 146 valence electrons. The molecule has 5 rings (SSSR count). The summed E-state index contributed by atoms with van der Waals surface area (Å²) in [5.74, 6) is 2.36. The molecule has 0 radical (unpaired) electrons. The summed E-state index contributed by atoms with van der Waals surface area (Å²) in [6.07, 6.45) is 4.77. The average Bonchev–Trinajstić information content (AvgIpc) is 3.11. The van der Waals surface area contributed by atoms with Crippen LogP contribution in [0.3, 0.4) is 0 Å². The highest BCUT2D eigenvalue weighted by molar-refractivity contribution is 5.85. The third-order valence-electron chi connectivity index (χ3n) is 5.44. The molecule has 0 aliphatic heterocycles. The van der Waals surface area contributed by atoms with Crippen molar-refractivity contribution in [3.8, 4) is 17.0 Å². The number of hydrogen-bond donors (Lipinski definition) is 2. The summed E-state index contributed by atoms with van der Waals surface area (Å²) in [4.78, 5) is 9.17. The van der Waals surface area contributed by atoms with E-state index < -0.39 is 0 Å². The molecule has 0 amide bonds. The van der Waals surface area contributed by atoms with E-state index in [2.05, 4.69) is 4.98 Å². The van der Waals surface area contributed by atoms with Gasteiger partial charge < -0.3 is 15.6 Å². The molecule has 0 bridgehead atoms. The van der Waals surface area contributed by atoms with Crippen molar-refractivity contribution in [2.45, 2.75) is 31.5 Å². The largest absolute Gasteiger partial charge is 0.489 e. The van der Waals surface area contributed by atoms with Crippen molar-refractivity contribution in [3.63, 3.8) is 0 Å². The second-order valence-corrected chi connectivity index (χ2v) is 7.47. The van der Waals surface area contributed by atoms with Gasteiger partial charge in [0.25, 0.3) is 0 Å². The minimum atomic E-state index is -0.246. The maximum absolute atomic E-state index is 9.73. The van der Waals surface area contributed by atoms with Crippen LogP contribution in [0, 0.1) is 0 Å². The average molecular weight is 386 g/mol. The summed E-state index contributed by atoms with van der Waals surface area (Å²) in [6.45, 7) is 0.503. The molecular weight excluding hydrogens is 364 g/mol. The quantitative estimate of drug-likeness (QED) is 0.545. The first-order valence-electron chi connectivity index (χ1n) is 9.76. The summed E-state index contributed by atoms with van der Waals surface area (Å²) in [7, 11) is 0. The number of aromatic nitrogens is 3. The monoisotopic (exact) mass is 386 g/mol. The molecule has 6 heteroatoms. The predicted molar refractivity (Wildman–Crippen MR) is 112 cm³/mol. The molecule has 0 spiro atoms. The third-order valence-corrected chi connectivity index (χ3v) is 5.44. The van der Waals surface area contributed by atoms with Crippen LogP contribution in [0.5, 0.6) is 5.75 Å². The molecule has 1 aliphatic rings. The van der Waals surface area contributed by atoms with Crippen LogP contribution in [0.15, 0.2) is 67.0 Å². The van der Waals surface area contributed by atoms with Crippen LogP contribution < -0.4 is 10.5 Å². The van der Waals surface area contributed by atoms with Crippen molar-refractivity contribution in [2.24, 2.45) is 0 Å². The number of nitrogens with zero attached hydrogens (tertiary/aromatic N) is 3. The minimum absolute atomic E-state index is 0.227. The van der Waals surface area contributed by atoms with Crippen molar-refractivity contribution in [1.82, 2.24) is 14.4 Å². The summed E-state index contributed by atoms with van der Waals surface area (Å²) >= 11 is 0. The lowest BCUT2D eigenvalue weighted by molar-refractivity contribution is 0.0715. The van der Waals surface area contributed by atoms with Gasteiger partial charge in [0.2, 0.25) is 0 Å². The van der Waals surface area contributed by atoms with Crippen LogP contribution in [-0.2, 0) is 6.61 Å². The van der Waals surface area contributed by atoms with E-state index in [9.17, 15) is 5.11 Å². The van der Waals surface area contributed by atoms with Gasteiger partial charge in [0.1, 0.15) is 35.2 Å². The van der Waals surface area contributed by atoms with Gasteiger partial charge in [0, 0.05) is 23.9 Å². The van der Waals surface area contributed by atoms with Gasteiger partial charge in [-0.2, -0.15) is 0 Å². The molecule has 1 fully saturated rings. The zero-order valence-electron chi connectivity index (χ0n) is 15.9. The van der Waals surface area contributed by atoms with Crippen molar-refractivity contribution in [2.75, 3.05) is 5.73 Å². The van der Waals surface area contributed by atoms with E-state index in [0.717, 1.165) is 46.8 Å². The topological polar surface area (TPSA) is 85.7 Å². The summed E-state index contributed by atoms with van der Waals surface area (Å²) in [5, 5.41) is 9.73. The number of ether oxygens (including phenoxy) is 1. The molecule has 0 unspecified atom stereocenters. The summed E-state index contributed by atoms with van der Waals surface area (Å²) in [6, 6.07) is 18.0. The normalized spacial score (nSPS) is 18.5. The molecule has 1 saturated carbocycles. The zero-order chi connectivity index (χ0) is 19.8. The van der Waals surface area contributed by atoms with Crippen LogP contribution in [0.4, 0.5) is 5.82 Å². The summed E-state index contributed by atoms with van der Waals surface area (Å²) in [5.41, 5.74) is 9.84. The Balaban J connectivity index is 1.50. The SMILES string of the molecule is Nc1nccn2c(C3CC(O)C3)nc(-c3cccc(OCc4ccccc4)c3)c12. The molecule has 2 aromatic heterocycles. The fourth-order valence-corrected chi connectivity index (χ4v) is 3.85. The Bertz CT molecular complexity index is 1150. The number of benzene rings is 2. The molecule has 0 atom stereocenters. The van der Waals surface area contributed by atoms with Gasteiger partial charge in [-0.25, -0.2) is 9.97 Å². The van der Waals surface area contributed by atoms with E-state index in [1.807, 2.05) is 65.2 Å². The molecule has 0 saturated heterocycles. The molecule has 4 aromatic rings. The highest BCUT2D eigenvalue weighted by atomic mass is 16.5. The number of fused-ring (bicyclic) bond motifs is 1. The maximum Gasteiger partial charge on any atom is 0.150 e. The number of nitrogen functional groups attached to an aromatic ring is 1. The van der Waals surface area contributed by atoms with E-state index in [0.29, 0.717) is 12.4 Å². The number of nitrogens with two attached hydrogens (primary N) is 1. The fraction of sp³-hybridized carbons (Fsp3) is 0.217. The van der Waals surface area contributed by atoms with Crippen LogP contribution in [0.2, 0.25) is 0 Å². The Morgan fingerprint density at radius 2 is 1.93 bits per heavy atom. The van der Waals surface area contributed by atoms with Gasteiger partial charge in [-0.1, -0.05) is 42.5 Å². The van der Waals surface area contributed by atoms with E-state index in [1.165, 1.54) is 0 Å². The lowest BCUT2D eigenvalue weighted by atomic mass is 9.82. The zero-order valence-corrected chi connectivity index (χ0v) is 15.9. The number of rotatable bonds is 5. The Morgan fingerprint density at radius 3 is 2.72 bits per heavy atom. The first-order valence-corrected chi connectivity index (χ1v) is 9.76. The predicted octanol–water partition coefficient (Wildman–Crippen LogP) is 3.80. The fourth-order valence-electron chi connectivity index (χ4n) is 3.85. The molecular formula is C23H22N4O2. The third kappa shape index (κ3) is 3.32. The number of aliphatic hydroxyl groups is 1. The van der Waals surface area contributed by atoms with Crippen molar-refractivity contribution in [3.05, 3.63) is 78.4 Å². The van der Waals surface area contributed by atoms with Gasteiger partial charge in [-0.05, 0) is 30.5 Å². The van der Waals surface area contributed by atoms with Crippen LogP contribution in [-0.4, -0.2) is 25.6 Å². The number of aliphatic hydroxyl groups excluding tert-OH is 1. The molecule has 2 aromatic carbocycles. The van der Waals surface area contributed by atoms with Gasteiger partial charge in [0.15, 0.2) is 0 Å². The molecule has 29 heavy (non-hydrogen) atoms. The van der Waals surface area contributed by atoms with Crippen LogP contribution >= 0.6 is 0 Å². The standard InChI is InChI=1S/C23H22N4O2/c24-22-21-20(26-23(17-11-18(28)12-17)27(21)10-9-25-22)16-7-4-8-19(13-16)29-14-15-5-2-1-3-6-15/h1-10,13,17-18,28H,11-12,14H2,(H2,24,25).